The van der Waals surface area contributed by atoms with Gasteiger partial charge in [-0.05, 0) is 6.07 Å². The van der Waals surface area contributed by atoms with E-state index in [2.05, 4.69) is 9.88 Å². The predicted molar refractivity (Wildman–Crippen MR) is 69.7 cm³/mol. The molecule has 0 aromatic carbocycles. The van der Waals surface area contributed by atoms with Gasteiger partial charge in [0, 0.05) is 32.1 Å². The Morgan fingerprint density at radius 3 is 2.56 bits per heavy atom. The number of piperidine rings is 1. The van der Waals surface area contributed by atoms with E-state index < -0.39 is 0 Å². The van der Waals surface area contributed by atoms with Crippen LogP contribution in [0, 0.1) is 0 Å². The number of nitrogen functional groups attached to an aromatic ring is 1. The molecule has 2 saturated heterocycles. The zero-order chi connectivity index (χ0) is 12.6. The zero-order valence-electron chi connectivity index (χ0n) is 10.1. The Balaban J connectivity index is 1.72. The second-order valence-electron chi connectivity index (χ2n) is 4.66. The first kappa shape index (κ1) is 12.0. The lowest BCUT2D eigenvalue weighted by molar-refractivity contribution is -0.169. The van der Waals surface area contributed by atoms with Crippen LogP contribution in [0.3, 0.4) is 0 Å². The highest BCUT2D eigenvalue weighted by molar-refractivity contribution is 6.30. The summed E-state index contributed by atoms with van der Waals surface area (Å²) >= 11 is 5.85. The second kappa shape index (κ2) is 4.57. The molecule has 0 bridgehead atoms. The lowest BCUT2D eigenvalue weighted by atomic mass is 10.0. The highest BCUT2D eigenvalue weighted by Crippen LogP contribution is 2.34. The first-order chi connectivity index (χ1) is 8.69. The molecule has 3 heterocycles. The van der Waals surface area contributed by atoms with E-state index in [-0.39, 0.29) is 5.79 Å². The van der Waals surface area contributed by atoms with Crippen LogP contribution in [-0.2, 0) is 9.47 Å². The Kier molecular flexibility index (Phi) is 3.05. The standard InChI is InChI=1S/C12H16ClN3O2/c13-9-7-10(14)11(15-8-9)16-3-1-12(2-4-16)17-5-6-18-12/h7-8H,1-6,14H2. The molecule has 6 heteroatoms. The molecule has 0 saturated carbocycles. The van der Waals surface area contributed by atoms with Crippen LogP contribution in [0.25, 0.3) is 0 Å². The van der Waals surface area contributed by atoms with Gasteiger partial charge in [0.1, 0.15) is 0 Å². The van der Waals surface area contributed by atoms with Gasteiger partial charge in [0.25, 0.3) is 0 Å². The van der Waals surface area contributed by atoms with Gasteiger partial charge >= 0.3 is 0 Å². The van der Waals surface area contributed by atoms with E-state index >= 15 is 0 Å². The number of halogens is 1. The third kappa shape index (κ3) is 2.13. The Morgan fingerprint density at radius 1 is 1.28 bits per heavy atom. The van der Waals surface area contributed by atoms with E-state index in [1.807, 2.05) is 0 Å². The maximum absolute atomic E-state index is 5.95. The summed E-state index contributed by atoms with van der Waals surface area (Å²) in [4.78, 5) is 6.46. The summed E-state index contributed by atoms with van der Waals surface area (Å²) in [5.74, 6) is 0.435. The number of hydrogen-bond donors (Lipinski definition) is 1. The SMILES string of the molecule is Nc1cc(Cl)cnc1N1CCC2(CC1)OCCO2. The third-order valence-electron chi connectivity index (χ3n) is 3.50. The summed E-state index contributed by atoms with van der Waals surface area (Å²) in [7, 11) is 0. The van der Waals surface area contributed by atoms with Crippen molar-refractivity contribution in [2.24, 2.45) is 0 Å². The molecule has 2 N–H and O–H groups in total. The number of rotatable bonds is 1. The molecule has 98 valence electrons. The molecule has 2 aliphatic rings. The Labute approximate surface area is 111 Å². The van der Waals surface area contributed by atoms with E-state index in [1.54, 1.807) is 12.3 Å². The molecule has 18 heavy (non-hydrogen) atoms. The first-order valence-electron chi connectivity index (χ1n) is 6.12. The normalized spacial score (nSPS) is 22.6. The highest BCUT2D eigenvalue weighted by Gasteiger charge is 2.40. The molecule has 0 unspecified atom stereocenters. The van der Waals surface area contributed by atoms with Gasteiger partial charge in [-0.25, -0.2) is 4.98 Å². The number of ether oxygens (including phenoxy) is 2. The molecule has 0 radical (unpaired) electrons. The summed E-state index contributed by atoms with van der Waals surface area (Å²) in [5, 5.41) is 0.562. The van der Waals surface area contributed by atoms with Gasteiger partial charge in [0.15, 0.2) is 11.6 Å². The highest BCUT2D eigenvalue weighted by atomic mass is 35.5. The van der Waals surface area contributed by atoms with Crippen molar-refractivity contribution in [3.05, 3.63) is 17.3 Å². The summed E-state index contributed by atoms with van der Waals surface area (Å²) in [5.41, 5.74) is 6.56. The van der Waals surface area contributed by atoms with E-state index in [4.69, 9.17) is 26.8 Å². The summed E-state index contributed by atoms with van der Waals surface area (Å²) in [6, 6.07) is 1.73. The summed E-state index contributed by atoms with van der Waals surface area (Å²) < 4.78 is 11.4. The lowest BCUT2D eigenvalue weighted by Gasteiger charge is -2.38. The van der Waals surface area contributed by atoms with Crippen molar-refractivity contribution in [2.45, 2.75) is 18.6 Å². The fraction of sp³-hybridized carbons (Fsp3) is 0.583. The smallest absolute Gasteiger partial charge is 0.171 e. The molecular weight excluding hydrogens is 254 g/mol. The molecule has 3 rings (SSSR count). The molecule has 0 aliphatic carbocycles. The van der Waals surface area contributed by atoms with Crippen LogP contribution < -0.4 is 10.6 Å². The number of hydrogen-bond acceptors (Lipinski definition) is 5. The number of nitrogens with two attached hydrogens (primary N) is 1. The van der Waals surface area contributed by atoms with Gasteiger partial charge in [-0.15, -0.1) is 0 Å². The molecule has 2 fully saturated rings. The van der Waals surface area contributed by atoms with Crippen molar-refractivity contribution >= 4 is 23.1 Å². The molecule has 0 amide bonds. The minimum Gasteiger partial charge on any atom is -0.396 e. The number of anilines is 2. The molecule has 1 aromatic rings. The Hall–Kier alpha value is -1.04. The monoisotopic (exact) mass is 269 g/mol. The van der Waals surface area contributed by atoms with E-state index in [1.165, 1.54) is 0 Å². The minimum atomic E-state index is -0.363. The van der Waals surface area contributed by atoms with Gasteiger partial charge in [-0.3, -0.25) is 0 Å². The van der Waals surface area contributed by atoms with Crippen molar-refractivity contribution in [2.75, 3.05) is 36.9 Å². The van der Waals surface area contributed by atoms with Crippen LogP contribution in [0.2, 0.25) is 5.02 Å². The lowest BCUT2D eigenvalue weighted by Crippen LogP contribution is -2.45. The Morgan fingerprint density at radius 2 is 1.94 bits per heavy atom. The van der Waals surface area contributed by atoms with Gasteiger partial charge in [0.05, 0.1) is 23.9 Å². The van der Waals surface area contributed by atoms with Crippen molar-refractivity contribution in [1.29, 1.82) is 0 Å². The topological polar surface area (TPSA) is 60.6 Å². The number of aromatic nitrogens is 1. The van der Waals surface area contributed by atoms with Crippen LogP contribution in [0.15, 0.2) is 12.3 Å². The molecule has 1 aromatic heterocycles. The van der Waals surface area contributed by atoms with E-state index in [0.29, 0.717) is 23.9 Å². The summed E-state index contributed by atoms with van der Waals surface area (Å²) in [6.07, 6.45) is 3.31. The maximum atomic E-state index is 5.95. The average Bonchev–Trinajstić information content (AvgIpc) is 2.80. The van der Waals surface area contributed by atoms with Crippen molar-refractivity contribution in [3.63, 3.8) is 0 Å². The van der Waals surface area contributed by atoms with Crippen LogP contribution >= 0.6 is 11.6 Å². The second-order valence-corrected chi connectivity index (χ2v) is 5.10. The van der Waals surface area contributed by atoms with Gasteiger partial charge in [-0.1, -0.05) is 11.6 Å². The number of nitrogens with zero attached hydrogens (tertiary/aromatic N) is 2. The fourth-order valence-corrected chi connectivity index (χ4v) is 2.72. The van der Waals surface area contributed by atoms with Crippen LogP contribution in [0.4, 0.5) is 11.5 Å². The maximum Gasteiger partial charge on any atom is 0.171 e. The van der Waals surface area contributed by atoms with Crippen molar-refractivity contribution in [3.8, 4) is 0 Å². The largest absolute Gasteiger partial charge is 0.396 e. The fourth-order valence-electron chi connectivity index (χ4n) is 2.56. The molecule has 2 aliphatic heterocycles. The molecule has 0 atom stereocenters. The van der Waals surface area contributed by atoms with Crippen LogP contribution in [0.5, 0.6) is 0 Å². The van der Waals surface area contributed by atoms with Crippen molar-refractivity contribution < 1.29 is 9.47 Å². The molecule has 1 spiro atoms. The van der Waals surface area contributed by atoms with Gasteiger partial charge in [-0.2, -0.15) is 0 Å². The van der Waals surface area contributed by atoms with E-state index in [9.17, 15) is 0 Å². The first-order valence-corrected chi connectivity index (χ1v) is 6.50. The predicted octanol–water partition coefficient (Wildman–Crippen LogP) is 1.66. The Bertz CT molecular complexity index is 439. The quantitative estimate of drug-likeness (QED) is 0.840. The van der Waals surface area contributed by atoms with Gasteiger partial charge in [0.2, 0.25) is 0 Å². The third-order valence-corrected chi connectivity index (χ3v) is 3.71. The minimum absolute atomic E-state index is 0.363. The van der Waals surface area contributed by atoms with E-state index in [0.717, 1.165) is 31.7 Å². The number of pyridine rings is 1. The average molecular weight is 270 g/mol. The van der Waals surface area contributed by atoms with Crippen molar-refractivity contribution in [1.82, 2.24) is 4.98 Å². The summed E-state index contributed by atoms with van der Waals surface area (Å²) in [6.45, 7) is 3.06. The molecular formula is C12H16ClN3O2. The van der Waals surface area contributed by atoms with Crippen LogP contribution in [0.1, 0.15) is 12.8 Å². The van der Waals surface area contributed by atoms with Gasteiger partial charge < -0.3 is 20.1 Å². The van der Waals surface area contributed by atoms with Crippen LogP contribution in [-0.4, -0.2) is 37.1 Å². The zero-order valence-corrected chi connectivity index (χ0v) is 10.8. The molecule has 5 nitrogen and oxygen atoms in total.